The molecule has 0 aromatic carbocycles. The normalized spacial score (nSPS) is 29.8. The maximum absolute atomic E-state index is 5.68. The Kier molecular flexibility index (Phi) is 5.14. The molecule has 2 nitrogen and oxygen atoms in total. The van der Waals surface area contributed by atoms with Crippen molar-refractivity contribution in [1.82, 2.24) is 4.90 Å². The van der Waals surface area contributed by atoms with E-state index < -0.39 is 0 Å². The highest BCUT2D eigenvalue weighted by Gasteiger charge is 2.26. The Hall–Kier alpha value is 0.270. The summed E-state index contributed by atoms with van der Waals surface area (Å²) in [6.07, 6.45) is 4.80. The number of hydrogen-bond donors (Lipinski definition) is 1. The van der Waals surface area contributed by atoms with E-state index in [9.17, 15) is 0 Å². The van der Waals surface area contributed by atoms with Crippen molar-refractivity contribution in [2.24, 2.45) is 11.7 Å². The van der Waals surface area contributed by atoms with Crippen molar-refractivity contribution in [3.63, 3.8) is 0 Å². The van der Waals surface area contributed by atoms with Gasteiger partial charge in [-0.05, 0) is 50.8 Å². The fourth-order valence-corrected chi connectivity index (χ4v) is 2.53. The molecule has 0 saturated carbocycles. The predicted molar refractivity (Wildman–Crippen MR) is 61.2 cm³/mol. The molecule has 1 heterocycles. The highest BCUT2D eigenvalue weighted by molar-refractivity contribution is 7.98. The van der Waals surface area contributed by atoms with Crippen molar-refractivity contribution < 1.29 is 0 Å². The lowest BCUT2D eigenvalue weighted by Crippen LogP contribution is -2.29. The molecule has 3 heteroatoms. The van der Waals surface area contributed by atoms with E-state index in [1.807, 2.05) is 11.8 Å². The first-order valence-corrected chi connectivity index (χ1v) is 6.60. The van der Waals surface area contributed by atoms with Crippen molar-refractivity contribution in [2.75, 3.05) is 31.6 Å². The number of nitrogens with two attached hydrogens (primary N) is 1. The van der Waals surface area contributed by atoms with Crippen molar-refractivity contribution in [1.29, 1.82) is 0 Å². The average Bonchev–Trinajstić information content (AvgIpc) is 2.48. The van der Waals surface area contributed by atoms with Crippen LogP contribution in [0.1, 0.15) is 19.8 Å². The van der Waals surface area contributed by atoms with Crippen LogP contribution < -0.4 is 5.73 Å². The lowest BCUT2D eigenvalue weighted by molar-refractivity contribution is 0.266. The van der Waals surface area contributed by atoms with Crippen LogP contribution in [0.2, 0.25) is 0 Å². The second-order valence-electron chi connectivity index (χ2n) is 4.03. The molecule has 13 heavy (non-hydrogen) atoms. The molecule has 0 radical (unpaired) electrons. The number of hydrogen-bond acceptors (Lipinski definition) is 3. The number of likely N-dealkylation sites (tertiary alicyclic amines) is 1. The van der Waals surface area contributed by atoms with E-state index in [1.54, 1.807) is 0 Å². The van der Waals surface area contributed by atoms with Gasteiger partial charge in [0.05, 0.1) is 0 Å². The SMILES string of the molecule is CSCCCN1CC(CN)CC1C. The quantitative estimate of drug-likeness (QED) is 0.684. The van der Waals surface area contributed by atoms with Gasteiger partial charge in [-0.2, -0.15) is 11.8 Å². The Morgan fingerprint density at radius 2 is 2.31 bits per heavy atom. The fraction of sp³-hybridized carbons (Fsp3) is 1.00. The van der Waals surface area contributed by atoms with Gasteiger partial charge < -0.3 is 10.6 Å². The Balaban J connectivity index is 2.18. The zero-order valence-corrected chi connectivity index (χ0v) is 9.65. The molecule has 0 spiro atoms. The van der Waals surface area contributed by atoms with Gasteiger partial charge in [0.1, 0.15) is 0 Å². The molecule has 2 atom stereocenters. The summed E-state index contributed by atoms with van der Waals surface area (Å²) in [4.78, 5) is 2.59. The zero-order valence-electron chi connectivity index (χ0n) is 8.83. The Morgan fingerprint density at radius 1 is 1.54 bits per heavy atom. The summed E-state index contributed by atoms with van der Waals surface area (Å²) in [6.45, 7) is 5.68. The first-order chi connectivity index (χ1) is 6.27. The monoisotopic (exact) mass is 202 g/mol. The molecule has 0 aromatic rings. The van der Waals surface area contributed by atoms with Crippen LogP contribution in [0.3, 0.4) is 0 Å². The Morgan fingerprint density at radius 3 is 2.85 bits per heavy atom. The summed E-state index contributed by atoms with van der Waals surface area (Å²) in [5, 5.41) is 0. The molecular weight excluding hydrogens is 180 g/mol. The summed E-state index contributed by atoms with van der Waals surface area (Å²) >= 11 is 1.94. The van der Waals surface area contributed by atoms with Crippen LogP contribution in [0.5, 0.6) is 0 Å². The van der Waals surface area contributed by atoms with Gasteiger partial charge in [-0.15, -0.1) is 0 Å². The van der Waals surface area contributed by atoms with Crippen molar-refractivity contribution in [3.05, 3.63) is 0 Å². The molecule has 0 aliphatic carbocycles. The van der Waals surface area contributed by atoms with Crippen LogP contribution in [0.4, 0.5) is 0 Å². The molecular formula is C10H22N2S. The molecule has 2 N–H and O–H groups in total. The van der Waals surface area contributed by atoms with Crippen molar-refractivity contribution in [3.8, 4) is 0 Å². The minimum Gasteiger partial charge on any atom is -0.330 e. The van der Waals surface area contributed by atoms with Crippen LogP contribution in [0.25, 0.3) is 0 Å². The molecule has 2 unspecified atom stereocenters. The number of thioether (sulfide) groups is 1. The minimum absolute atomic E-state index is 0.754. The second kappa shape index (κ2) is 5.89. The molecule has 0 bridgehead atoms. The minimum atomic E-state index is 0.754. The topological polar surface area (TPSA) is 29.3 Å². The third-order valence-corrected chi connectivity index (χ3v) is 3.61. The highest BCUT2D eigenvalue weighted by atomic mass is 32.2. The van der Waals surface area contributed by atoms with E-state index in [0.717, 1.165) is 18.5 Å². The van der Waals surface area contributed by atoms with Gasteiger partial charge >= 0.3 is 0 Å². The van der Waals surface area contributed by atoms with Gasteiger partial charge in [0, 0.05) is 12.6 Å². The van der Waals surface area contributed by atoms with Crippen molar-refractivity contribution in [2.45, 2.75) is 25.8 Å². The first kappa shape index (κ1) is 11.3. The first-order valence-electron chi connectivity index (χ1n) is 5.21. The van der Waals surface area contributed by atoms with E-state index in [-0.39, 0.29) is 0 Å². The van der Waals surface area contributed by atoms with Gasteiger partial charge in [-0.1, -0.05) is 0 Å². The Labute approximate surface area is 86.2 Å². The smallest absolute Gasteiger partial charge is 0.00706 e. The summed E-state index contributed by atoms with van der Waals surface area (Å²) in [7, 11) is 0. The molecule has 1 aliphatic rings. The van der Waals surface area contributed by atoms with Gasteiger partial charge in [0.25, 0.3) is 0 Å². The van der Waals surface area contributed by atoms with E-state index in [0.29, 0.717) is 0 Å². The fourth-order valence-electron chi connectivity index (χ4n) is 2.11. The van der Waals surface area contributed by atoms with E-state index in [1.165, 1.54) is 31.7 Å². The maximum Gasteiger partial charge on any atom is 0.00706 e. The largest absolute Gasteiger partial charge is 0.330 e. The zero-order chi connectivity index (χ0) is 9.68. The third kappa shape index (κ3) is 3.49. The number of rotatable bonds is 5. The Bertz CT molecular complexity index is 141. The lowest BCUT2D eigenvalue weighted by atomic mass is 10.1. The van der Waals surface area contributed by atoms with Crippen LogP contribution in [-0.2, 0) is 0 Å². The van der Waals surface area contributed by atoms with E-state index in [2.05, 4.69) is 18.1 Å². The molecule has 1 rings (SSSR count). The van der Waals surface area contributed by atoms with Crippen LogP contribution in [0.15, 0.2) is 0 Å². The summed E-state index contributed by atoms with van der Waals surface area (Å²) in [5.41, 5.74) is 5.68. The van der Waals surface area contributed by atoms with E-state index in [4.69, 9.17) is 5.73 Å². The van der Waals surface area contributed by atoms with Gasteiger partial charge in [0.2, 0.25) is 0 Å². The summed E-state index contributed by atoms with van der Waals surface area (Å²) in [6, 6.07) is 0.760. The molecule has 1 fully saturated rings. The van der Waals surface area contributed by atoms with Crippen LogP contribution in [-0.4, -0.2) is 42.6 Å². The molecule has 0 amide bonds. The predicted octanol–water partition coefficient (Wildman–Crippen LogP) is 1.41. The van der Waals surface area contributed by atoms with Gasteiger partial charge in [0.15, 0.2) is 0 Å². The van der Waals surface area contributed by atoms with Crippen molar-refractivity contribution >= 4 is 11.8 Å². The van der Waals surface area contributed by atoms with E-state index >= 15 is 0 Å². The number of nitrogens with zero attached hydrogens (tertiary/aromatic N) is 1. The maximum atomic E-state index is 5.68. The average molecular weight is 202 g/mol. The van der Waals surface area contributed by atoms with Gasteiger partial charge in [-0.3, -0.25) is 0 Å². The van der Waals surface area contributed by atoms with Crippen LogP contribution in [0, 0.1) is 5.92 Å². The summed E-state index contributed by atoms with van der Waals surface area (Å²) < 4.78 is 0. The lowest BCUT2D eigenvalue weighted by Gasteiger charge is -2.20. The highest BCUT2D eigenvalue weighted by Crippen LogP contribution is 2.22. The third-order valence-electron chi connectivity index (χ3n) is 2.92. The van der Waals surface area contributed by atoms with Crippen LogP contribution >= 0.6 is 11.8 Å². The summed E-state index contributed by atoms with van der Waals surface area (Å²) in [5.74, 6) is 2.04. The standard InChI is InChI=1S/C10H22N2S/c1-9-6-10(7-11)8-12(9)4-3-5-13-2/h9-10H,3-8,11H2,1-2H3. The molecule has 0 aromatic heterocycles. The molecule has 1 saturated heterocycles. The van der Waals surface area contributed by atoms with Gasteiger partial charge in [-0.25, -0.2) is 0 Å². The molecule has 78 valence electrons. The molecule has 1 aliphatic heterocycles. The second-order valence-corrected chi connectivity index (χ2v) is 5.01.